The van der Waals surface area contributed by atoms with Crippen molar-refractivity contribution in [3.63, 3.8) is 0 Å². The fourth-order valence-electron chi connectivity index (χ4n) is 2.08. The Bertz CT molecular complexity index is 630. The summed E-state index contributed by atoms with van der Waals surface area (Å²) in [5.74, 6) is -0.802. The lowest BCUT2D eigenvalue weighted by Gasteiger charge is -2.16. The number of anilines is 2. The van der Waals surface area contributed by atoms with E-state index >= 15 is 0 Å². The standard InChI is InChI=1S/C11H14FN3O3S/c1-3-15-10(16)5-7-4-8(6-9(12)11(7)15)14-19(17,18)13-2/h4,6,13-14H,3,5H2,1-2H3. The van der Waals surface area contributed by atoms with Crippen molar-refractivity contribution in [2.75, 3.05) is 23.2 Å². The minimum Gasteiger partial charge on any atom is -0.309 e. The molecule has 1 aliphatic heterocycles. The molecule has 0 aliphatic carbocycles. The number of carbonyl (C=O) groups excluding carboxylic acids is 1. The van der Waals surface area contributed by atoms with Crippen LogP contribution in [0.2, 0.25) is 0 Å². The number of amides is 1. The topological polar surface area (TPSA) is 78.5 Å². The van der Waals surface area contributed by atoms with E-state index in [0.717, 1.165) is 6.07 Å². The average Bonchev–Trinajstić information content (AvgIpc) is 2.64. The molecule has 0 saturated carbocycles. The fraction of sp³-hybridized carbons (Fsp3) is 0.364. The number of fused-ring (bicyclic) bond motifs is 1. The van der Waals surface area contributed by atoms with Crippen LogP contribution in [0, 0.1) is 5.82 Å². The van der Waals surface area contributed by atoms with Gasteiger partial charge in [0.2, 0.25) is 5.91 Å². The highest BCUT2D eigenvalue weighted by atomic mass is 32.2. The van der Waals surface area contributed by atoms with Gasteiger partial charge in [-0.2, -0.15) is 8.42 Å². The molecule has 1 aromatic rings. The summed E-state index contributed by atoms with van der Waals surface area (Å²) >= 11 is 0. The predicted octanol–water partition coefficient (Wildman–Crippen LogP) is 0.611. The Kier molecular flexibility index (Phi) is 3.46. The molecule has 6 nitrogen and oxygen atoms in total. The Balaban J connectivity index is 2.42. The molecule has 2 N–H and O–H groups in total. The molecule has 1 heterocycles. The zero-order valence-electron chi connectivity index (χ0n) is 10.5. The van der Waals surface area contributed by atoms with Gasteiger partial charge in [0.05, 0.1) is 17.8 Å². The van der Waals surface area contributed by atoms with Crippen LogP contribution in [0.15, 0.2) is 12.1 Å². The van der Waals surface area contributed by atoms with Crippen LogP contribution in [-0.4, -0.2) is 27.9 Å². The van der Waals surface area contributed by atoms with E-state index < -0.39 is 16.0 Å². The third-order valence-corrected chi connectivity index (χ3v) is 3.93. The van der Waals surface area contributed by atoms with Gasteiger partial charge in [-0.15, -0.1) is 0 Å². The number of benzene rings is 1. The minimum absolute atomic E-state index is 0.0786. The van der Waals surface area contributed by atoms with E-state index in [1.807, 2.05) is 0 Å². The second-order valence-electron chi connectivity index (χ2n) is 4.09. The molecule has 2 rings (SSSR count). The Morgan fingerprint density at radius 1 is 1.42 bits per heavy atom. The van der Waals surface area contributed by atoms with E-state index in [4.69, 9.17) is 0 Å². The molecule has 0 aromatic heterocycles. The molecule has 0 fully saturated rings. The van der Waals surface area contributed by atoms with E-state index in [2.05, 4.69) is 9.44 Å². The van der Waals surface area contributed by atoms with E-state index in [0.29, 0.717) is 12.1 Å². The highest BCUT2D eigenvalue weighted by molar-refractivity contribution is 7.90. The Hall–Kier alpha value is -1.67. The van der Waals surface area contributed by atoms with Gasteiger partial charge in [-0.25, -0.2) is 9.11 Å². The highest BCUT2D eigenvalue weighted by Crippen LogP contribution is 2.34. The summed E-state index contributed by atoms with van der Waals surface area (Å²) in [6.07, 6.45) is 0.0786. The molecule has 0 radical (unpaired) electrons. The molecular formula is C11H14FN3O3S. The van der Waals surface area contributed by atoms with Crippen molar-refractivity contribution >= 4 is 27.5 Å². The van der Waals surface area contributed by atoms with Crippen LogP contribution in [0.3, 0.4) is 0 Å². The van der Waals surface area contributed by atoms with Gasteiger partial charge in [0, 0.05) is 19.7 Å². The van der Waals surface area contributed by atoms with Gasteiger partial charge >= 0.3 is 0 Å². The molecular weight excluding hydrogens is 273 g/mol. The van der Waals surface area contributed by atoms with Gasteiger partial charge in [-0.05, 0) is 18.6 Å². The maximum Gasteiger partial charge on any atom is 0.298 e. The van der Waals surface area contributed by atoms with Crippen LogP contribution in [0.1, 0.15) is 12.5 Å². The molecule has 1 aliphatic rings. The zero-order chi connectivity index (χ0) is 14.2. The maximum absolute atomic E-state index is 14.0. The molecule has 0 spiro atoms. The monoisotopic (exact) mass is 287 g/mol. The van der Waals surface area contributed by atoms with Crippen molar-refractivity contribution in [3.8, 4) is 0 Å². The maximum atomic E-state index is 14.0. The second kappa shape index (κ2) is 4.78. The largest absolute Gasteiger partial charge is 0.309 e. The Morgan fingerprint density at radius 3 is 2.68 bits per heavy atom. The van der Waals surface area contributed by atoms with Gasteiger partial charge in [0.25, 0.3) is 10.2 Å². The summed E-state index contributed by atoms with van der Waals surface area (Å²) in [5, 5.41) is 0. The van der Waals surface area contributed by atoms with Crippen LogP contribution in [0.4, 0.5) is 15.8 Å². The second-order valence-corrected chi connectivity index (χ2v) is 5.71. The van der Waals surface area contributed by atoms with E-state index in [1.165, 1.54) is 18.0 Å². The van der Waals surface area contributed by atoms with Crippen LogP contribution >= 0.6 is 0 Å². The predicted molar refractivity (Wildman–Crippen MR) is 69.7 cm³/mol. The van der Waals surface area contributed by atoms with Gasteiger partial charge < -0.3 is 4.90 Å². The van der Waals surface area contributed by atoms with Gasteiger partial charge in [-0.3, -0.25) is 9.52 Å². The third-order valence-electron chi connectivity index (χ3n) is 2.89. The first-order chi connectivity index (χ1) is 8.88. The summed E-state index contributed by atoms with van der Waals surface area (Å²) in [6.45, 7) is 2.13. The van der Waals surface area contributed by atoms with Crippen LogP contribution in [0.25, 0.3) is 0 Å². The van der Waals surface area contributed by atoms with Gasteiger partial charge in [0.1, 0.15) is 5.82 Å². The molecule has 19 heavy (non-hydrogen) atoms. The van der Waals surface area contributed by atoms with E-state index in [9.17, 15) is 17.6 Å². The van der Waals surface area contributed by atoms with Crippen molar-refractivity contribution in [3.05, 3.63) is 23.5 Å². The molecule has 0 saturated heterocycles. The number of carbonyl (C=O) groups is 1. The van der Waals surface area contributed by atoms with Crippen LogP contribution in [0.5, 0.6) is 0 Å². The van der Waals surface area contributed by atoms with Crippen molar-refractivity contribution in [2.45, 2.75) is 13.3 Å². The summed E-state index contributed by atoms with van der Waals surface area (Å²) in [6, 6.07) is 2.54. The quantitative estimate of drug-likeness (QED) is 0.851. The normalized spacial score (nSPS) is 14.7. The lowest BCUT2D eigenvalue weighted by atomic mass is 10.1. The first-order valence-electron chi connectivity index (χ1n) is 5.72. The van der Waals surface area contributed by atoms with Crippen molar-refractivity contribution in [1.29, 1.82) is 0 Å². The SMILES string of the molecule is CCN1C(=O)Cc2cc(NS(=O)(=O)NC)cc(F)c21. The van der Waals surface area contributed by atoms with Crippen molar-refractivity contribution in [1.82, 2.24) is 4.72 Å². The van der Waals surface area contributed by atoms with Crippen molar-refractivity contribution < 1.29 is 17.6 Å². The molecule has 0 atom stereocenters. The number of likely N-dealkylation sites (N-methyl/N-ethyl adjacent to an activating group) is 1. The third kappa shape index (κ3) is 2.54. The Labute approximate surface area is 110 Å². The lowest BCUT2D eigenvalue weighted by molar-refractivity contribution is -0.117. The van der Waals surface area contributed by atoms with Crippen LogP contribution in [-0.2, 0) is 21.4 Å². The summed E-state index contributed by atoms with van der Waals surface area (Å²) in [7, 11) is -2.46. The molecule has 1 aromatic carbocycles. The molecule has 0 bridgehead atoms. The summed E-state index contributed by atoms with van der Waals surface area (Å²) in [5.41, 5.74) is 0.817. The average molecular weight is 287 g/mol. The number of hydrogen-bond acceptors (Lipinski definition) is 3. The molecule has 0 unspecified atom stereocenters. The first-order valence-corrected chi connectivity index (χ1v) is 7.20. The van der Waals surface area contributed by atoms with E-state index in [-0.39, 0.29) is 23.7 Å². The number of rotatable bonds is 4. The fourth-order valence-corrected chi connectivity index (χ4v) is 2.61. The summed E-state index contributed by atoms with van der Waals surface area (Å²) < 4.78 is 40.9. The smallest absolute Gasteiger partial charge is 0.298 e. The number of halogens is 1. The molecule has 8 heteroatoms. The van der Waals surface area contributed by atoms with Gasteiger partial charge in [-0.1, -0.05) is 0 Å². The number of nitrogens with zero attached hydrogens (tertiary/aromatic N) is 1. The summed E-state index contributed by atoms with van der Waals surface area (Å²) in [4.78, 5) is 13.0. The number of nitrogens with one attached hydrogen (secondary N) is 2. The van der Waals surface area contributed by atoms with Crippen LogP contribution < -0.4 is 14.3 Å². The minimum atomic E-state index is -3.70. The Morgan fingerprint density at radius 2 is 2.11 bits per heavy atom. The molecule has 1 amide bonds. The molecule has 104 valence electrons. The lowest BCUT2D eigenvalue weighted by Crippen LogP contribution is -2.27. The van der Waals surface area contributed by atoms with Crippen molar-refractivity contribution in [2.24, 2.45) is 0 Å². The highest BCUT2D eigenvalue weighted by Gasteiger charge is 2.29. The van der Waals surface area contributed by atoms with Gasteiger partial charge in [0.15, 0.2) is 0 Å². The first kappa shape index (κ1) is 13.8. The van der Waals surface area contributed by atoms with E-state index in [1.54, 1.807) is 6.92 Å². The zero-order valence-corrected chi connectivity index (χ0v) is 11.3. The number of hydrogen-bond donors (Lipinski definition) is 2.